The van der Waals surface area contributed by atoms with Crippen molar-refractivity contribution in [1.29, 1.82) is 0 Å². The van der Waals surface area contributed by atoms with Gasteiger partial charge < -0.3 is 15.0 Å². The molecule has 2 amide bonds. The lowest BCUT2D eigenvalue weighted by Crippen LogP contribution is -2.53. The smallest absolute Gasteiger partial charge is 0.264 e. The summed E-state index contributed by atoms with van der Waals surface area (Å²) in [7, 11) is -4.18. The number of halogens is 2. The number of ether oxygens (including phenoxy) is 1. The number of nitrogens with zero attached hydrogens (tertiary/aromatic N) is 2. The number of hydrogen-bond donors (Lipinski definition) is 1. The van der Waals surface area contributed by atoms with E-state index in [-0.39, 0.29) is 23.4 Å². The largest absolute Gasteiger partial charge is 0.494 e. The molecular formula is C32H37Cl2N3O5S. The average Bonchev–Trinajstić information content (AvgIpc) is 3.01. The van der Waals surface area contributed by atoms with Crippen molar-refractivity contribution >= 4 is 50.7 Å². The molecule has 230 valence electrons. The van der Waals surface area contributed by atoms with Gasteiger partial charge in [0.1, 0.15) is 18.3 Å². The SMILES string of the molecule is CCOc1ccc(S(=O)(=O)N(CC(=O)N(Cc2ccc(Cl)c(Cl)c2)[C@H](C)C(=O)NC2CCCCC2)c2ccccc2)cc1. The molecule has 8 nitrogen and oxygen atoms in total. The van der Waals surface area contributed by atoms with Crippen LogP contribution in [-0.2, 0) is 26.2 Å². The number of benzene rings is 3. The van der Waals surface area contributed by atoms with Gasteiger partial charge in [0.15, 0.2) is 0 Å². The second kappa shape index (κ2) is 14.9. The molecule has 1 saturated carbocycles. The van der Waals surface area contributed by atoms with Crippen molar-refractivity contribution < 1.29 is 22.7 Å². The van der Waals surface area contributed by atoms with Crippen LogP contribution in [0, 0.1) is 0 Å². The van der Waals surface area contributed by atoms with Gasteiger partial charge in [0.25, 0.3) is 10.0 Å². The van der Waals surface area contributed by atoms with E-state index in [4.69, 9.17) is 27.9 Å². The summed E-state index contributed by atoms with van der Waals surface area (Å²) in [6.45, 7) is 3.44. The van der Waals surface area contributed by atoms with Crippen LogP contribution in [0.4, 0.5) is 5.69 Å². The highest BCUT2D eigenvalue weighted by Crippen LogP contribution is 2.27. The molecule has 4 rings (SSSR count). The molecule has 1 aliphatic rings. The van der Waals surface area contributed by atoms with Crippen molar-refractivity contribution in [2.24, 2.45) is 0 Å². The molecule has 0 aliphatic heterocycles. The van der Waals surface area contributed by atoms with Gasteiger partial charge in [-0.2, -0.15) is 0 Å². The van der Waals surface area contributed by atoms with E-state index in [0.29, 0.717) is 33.7 Å². The molecule has 1 N–H and O–H groups in total. The first-order chi connectivity index (χ1) is 20.6. The van der Waals surface area contributed by atoms with Gasteiger partial charge in [-0.05, 0) is 80.8 Å². The van der Waals surface area contributed by atoms with Gasteiger partial charge in [0.05, 0.1) is 27.2 Å². The Kier molecular flexibility index (Phi) is 11.3. The maximum atomic E-state index is 14.1. The third-order valence-corrected chi connectivity index (χ3v) is 10.0. The summed E-state index contributed by atoms with van der Waals surface area (Å²) in [4.78, 5) is 28.9. The Morgan fingerprint density at radius 1 is 0.953 bits per heavy atom. The Hall–Kier alpha value is -3.27. The van der Waals surface area contributed by atoms with Crippen LogP contribution in [0.5, 0.6) is 5.75 Å². The second-order valence-corrected chi connectivity index (χ2v) is 13.2. The molecule has 0 spiro atoms. The fourth-order valence-electron chi connectivity index (χ4n) is 5.11. The van der Waals surface area contributed by atoms with E-state index in [9.17, 15) is 18.0 Å². The number of nitrogens with one attached hydrogen (secondary N) is 1. The minimum atomic E-state index is -4.18. The molecule has 1 aliphatic carbocycles. The molecule has 3 aromatic carbocycles. The summed E-state index contributed by atoms with van der Waals surface area (Å²) in [6, 6.07) is 18.7. The minimum absolute atomic E-state index is 0.00623. The first-order valence-electron chi connectivity index (χ1n) is 14.4. The number of carbonyl (C=O) groups is 2. The van der Waals surface area contributed by atoms with Crippen molar-refractivity contribution in [2.75, 3.05) is 17.5 Å². The van der Waals surface area contributed by atoms with E-state index >= 15 is 0 Å². The number of hydrogen-bond acceptors (Lipinski definition) is 5. The zero-order valence-electron chi connectivity index (χ0n) is 24.3. The molecule has 0 aromatic heterocycles. The van der Waals surface area contributed by atoms with Crippen molar-refractivity contribution in [3.63, 3.8) is 0 Å². The average molecular weight is 647 g/mol. The van der Waals surface area contributed by atoms with Crippen LogP contribution in [0.3, 0.4) is 0 Å². The van der Waals surface area contributed by atoms with E-state index in [2.05, 4.69) is 5.32 Å². The molecule has 0 unspecified atom stereocenters. The number of rotatable bonds is 12. The molecular weight excluding hydrogens is 609 g/mol. The van der Waals surface area contributed by atoms with E-state index < -0.39 is 28.5 Å². The standard InChI is InChI=1S/C32H37Cl2N3O5S/c1-3-42-27-15-17-28(18-16-27)43(40,41)37(26-12-8-5-9-13-26)22-31(38)36(21-24-14-19-29(33)30(34)20-24)23(2)32(39)35-25-10-6-4-7-11-25/h5,8-9,12-20,23,25H,3-4,6-7,10-11,21-22H2,1-2H3,(H,35,39)/t23-/m1/s1. The fraction of sp³-hybridized carbons (Fsp3) is 0.375. The van der Waals surface area contributed by atoms with E-state index in [1.807, 2.05) is 6.92 Å². The van der Waals surface area contributed by atoms with Crippen molar-refractivity contribution in [2.45, 2.75) is 69.5 Å². The number of sulfonamides is 1. The van der Waals surface area contributed by atoms with E-state index in [1.54, 1.807) is 67.6 Å². The molecule has 11 heteroatoms. The van der Waals surface area contributed by atoms with E-state index in [0.717, 1.165) is 36.4 Å². The van der Waals surface area contributed by atoms with Gasteiger partial charge in [-0.25, -0.2) is 8.42 Å². The lowest BCUT2D eigenvalue weighted by Gasteiger charge is -2.33. The quantitative estimate of drug-likeness (QED) is 0.244. The van der Waals surface area contributed by atoms with Gasteiger partial charge in [-0.15, -0.1) is 0 Å². The van der Waals surface area contributed by atoms with Gasteiger partial charge in [0, 0.05) is 12.6 Å². The Morgan fingerprint density at radius 2 is 1.63 bits per heavy atom. The highest BCUT2D eigenvalue weighted by molar-refractivity contribution is 7.92. The van der Waals surface area contributed by atoms with Crippen LogP contribution in [0.1, 0.15) is 51.5 Å². The molecule has 1 atom stereocenters. The molecule has 3 aromatic rings. The molecule has 0 heterocycles. The highest BCUT2D eigenvalue weighted by Gasteiger charge is 2.33. The Morgan fingerprint density at radius 3 is 2.26 bits per heavy atom. The van der Waals surface area contributed by atoms with E-state index in [1.165, 1.54) is 17.0 Å². The maximum Gasteiger partial charge on any atom is 0.264 e. The van der Waals surface area contributed by atoms with Crippen molar-refractivity contribution in [1.82, 2.24) is 10.2 Å². The monoisotopic (exact) mass is 645 g/mol. The molecule has 0 bridgehead atoms. The predicted octanol–water partition coefficient (Wildman–Crippen LogP) is 6.45. The molecule has 0 radical (unpaired) electrons. The van der Waals surface area contributed by atoms with Crippen LogP contribution < -0.4 is 14.4 Å². The third kappa shape index (κ3) is 8.43. The predicted molar refractivity (Wildman–Crippen MR) is 170 cm³/mol. The van der Waals surface area contributed by atoms with Crippen LogP contribution in [0.25, 0.3) is 0 Å². The zero-order valence-corrected chi connectivity index (χ0v) is 26.7. The fourth-order valence-corrected chi connectivity index (χ4v) is 6.85. The number of carbonyl (C=O) groups excluding carboxylic acids is 2. The second-order valence-electron chi connectivity index (χ2n) is 10.5. The number of anilines is 1. The van der Waals surface area contributed by atoms with Crippen LogP contribution in [-0.4, -0.2) is 50.4 Å². The lowest BCUT2D eigenvalue weighted by atomic mass is 9.95. The van der Waals surface area contributed by atoms with Crippen LogP contribution >= 0.6 is 23.2 Å². The molecule has 43 heavy (non-hydrogen) atoms. The summed E-state index contributed by atoms with van der Waals surface area (Å²) in [5.74, 6) is -0.300. The van der Waals surface area contributed by atoms with Crippen LogP contribution in [0.2, 0.25) is 10.0 Å². The molecule has 1 fully saturated rings. The summed E-state index contributed by atoms with van der Waals surface area (Å²) < 4.78 is 34.5. The topological polar surface area (TPSA) is 96.0 Å². The Balaban J connectivity index is 1.66. The number of amides is 2. The molecule has 0 saturated heterocycles. The summed E-state index contributed by atoms with van der Waals surface area (Å²) in [6.07, 6.45) is 5.01. The van der Waals surface area contributed by atoms with Gasteiger partial charge in [0.2, 0.25) is 11.8 Å². The zero-order chi connectivity index (χ0) is 31.0. The van der Waals surface area contributed by atoms with Crippen molar-refractivity contribution in [3.8, 4) is 5.75 Å². The maximum absolute atomic E-state index is 14.1. The Bertz CT molecular complexity index is 1500. The first-order valence-corrected chi connectivity index (χ1v) is 16.6. The summed E-state index contributed by atoms with van der Waals surface area (Å²) in [5, 5.41) is 3.77. The lowest BCUT2D eigenvalue weighted by molar-refractivity contribution is -0.139. The number of para-hydroxylation sites is 1. The van der Waals surface area contributed by atoms with Gasteiger partial charge >= 0.3 is 0 Å². The summed E-state index contributed by atoms with van der Waals surface area (Å²) in [5.41, 5.74) is 0.972. The normalized spacial score (nSPS) is 14.5. The highest BCUT2D eigenvalue weighted by atomic mass is 35.5. The first kappa shape index (κ1) is 32.6. The third-order valence-electron chi connectivity index (χ3n) is 7.50. The van der Waals surface area contributed by atoms with Crippen molar-refractivity contribution in [3.05, 3.63) is 88.4 Å². The summed E-state index contributed by atoms with van der Waals surface area (Å²) >= 11 is 12.4. The van der Waals surface area contributed by atoms with Gasteiger partial charge in [-0.1, -0.05) is 66.7 Å². The van der Waals surface area contributed by atoms with Gasteiger partial charge in [-0.3, -0.25) is 13.9 Å². The van der Waals surface area contributed by atoms with Crippen LogP contribution in [0.15, 0.2) is 77.7 Å². The Labute approximate surface area is 264 Å². The minimum Gasteiger partial charge on any atom is -0.494 e.